The summed E-state index contributed by atoms with van der Waals surface area (Å²) in [7, 11) is 2.03. The molecule has 0 aliphatic rings. The van der Waals surface area contributed by atoms with Crippen molar-refractivity contribution in [3.8, 4) is 0 Å². The SMILES string of the molecule is C[n+]1ccc2c(ccn2Cc2ccc(C(=N)N)cc2)c1. The third-order valence-electron chi connectivity index (χ3n) is 3.47. The average Bonchev–Trinajstić information content (AvgIpc) is 2.81. The Hall–Kier alpha value is -2.62. The van der Waals surface area contributed by atoms with Gasteiger partial charge in [-0.2, -0.15) is 0 Å². The Morgan fingerprint density at radius 3 is 2.65 bits per heavy atom. The monoisotopic (exact) mass is 265 g/mol. The molecule has 0 radical (unpaired) electrons. The molecule has 4 nitrogen and oxygen atoms in total. The first-order chi connectivity index (χ1) is 9.63. The number of hydrogen-bond acceptors (Lipinski definition) is 1. The van der Waals surface area contributed by atoms with Gasteiger partial charge in [-0.25, -0.2) is 4.57 Å². The molecular weight excluding hydrogens is 248 g/mol. The molecule has 0 bridgehead atoms. The van der Waals surface area contributed by atoms with Crippen molar-refractivity contribution >= 4 is 16.7 Å². The summed E-state index contributed by atoms with van der Waals surface area (Å²) in [4.78, 5) is 0. The van der Waals surface area contributed by atoms with Crippen molar-refractivity contribution in [2.24, 2.45) is 12.8 Å². The highest BCUT2D eigenvalue weighted by molar-refractivity contribution is 5.94. The lowest BCUT2D eigenvalue weighted by Crippen LogP contribution is -2.25. The Morgan fingerprint density at radius 1 is 1.20 bits per heavy atom. The molecule has 1 aromatic carbocycles. The van der Waals surface area contributed by atoms with Crippen LogP contribution < -0.4 is 10.3 Å². The lowest BCUT2D eigenvalue weighted by atomic mass is 10.1. The highest BCUT2D eigenvalue weighted by Gasteiger charge is 2.05. The number of aryl methyl sites for hydroxylation is 1. The molecule has 0 saturated heterocycles. The Labute approximate surface area is 117 Å². The predicted molar refractivity (Wildman–Crippen MR) is 79.7 cm³/mol. The van der Waals surface area contributed by atoms with Crippen LogP contribution in [0.3, 0.4) is 0 Å². The van der Waals surface area contributed by atoms with Crippen LogP contribution in [0.1, 0.15) is 11.1 Å². The van der Waals surface area contributed by atoms with Crippen molar-refractivity contribution in [3.63, 3.8) is 0 Å². The van der Waals surface area contributed by atoms with E-state index in [4.69, 9.17) is 11.1 Å². The maximum Gasteiger partial charge on any atom is 0.177 e. The molecule has 100 valence electrons. The Bertz CT molecular complexity index is 769. The zero-order chi connectivity index (χ0) is 14.1. The third-order valence-corrected chi connectivity index (χ3v) is 3.47. The maximum absolute atomic E-state index is 7.40. The van der Waals surface area contributed by atoms with E-state index in [0.29, 0.717) is 0 Å². The van der Waals surface area contributed by atoms with Crippen LogP contribution in [0.15, 0.2) is 55.0 Å². The summed E-state index contributed by atoms with van der Waals surface area (Å²) in [6.45, 7) is 0.815. The third kappa shape index (κ3) is 2.28. The molecular formula is C16H17N4+. The van der Waals surface area contributed by atoms with Gasteiger partial charge in [0, 0.05) is 24.4 Å². The first-order valence-corrected chi connectivity index (χ1v) is 6.51. The van der Waals surface area contributed by atoms with E-state index >= 15 is 0 Å². The van der Waals surface area contributed by atoms with E-state index in [1.807, 2.05) is 35.9 Å². The molecule has 2 aromatic heterocycles. The summed E-state index contributed by atoms with van der Waals surface area (Å²) in [6, 6.07) is 12.1. The van der Waals surface area contributed by atoms with Crippen molar-refractivity contribution in [1.29, 1.82) is 5.41 Å². The minimum absolute atomic E-state index is 0.107. The first-order valence-electron chi connectivity index (χ1n) is 6.51. The quantitative estimate of drug-likeness (QED) is 0.423. The van der Waals surface area contributed by atoms with Crippen molar-refractivity contribution in [3.05, 3.63) is 66.1 Å². The van der Waals surface area contributed by atoms with Gasteiger partial charge in [-0.15, -0.1) is 0 Å². The number of nitrogens with two attached hydrogens (primary N) is 1. The molecule has 4 heteroatoms. The molecule has 0 spiro atoms. The maximum atomic E-state index is 7.40. The van der Waals surface area contributed by atoms with E-state index in [9.17, 15) is 0 Å². The van der Waals surface area contributed by atoms with E-state index in [2.05, 4.69) is 35.3 Å². The fraction of sp³-hybridized carbons (Fsp3) is 0.125. The summed E-state index contributed by atoms with van der Waals surface area (Å²) in [5, 5.41) is 8.63. The van der Waals surface area contributed by atoms with E-state index in [-0.39, 0.29) is 5.84 Å². The summed E-state index contributed by atoms with van der Waals surface area (Å²) < 4.78 is 4.27. The zero-order valence-corrected chi connectivity index (χ0v) is 11.4. The molecule has 0 atom stereocenters. The molecule has 0 fully saturated rings. The van der Waals surface area contributed by atoms with Gasteiger partial charge >= 0.3 is 0 Å². The second-order valence-corrected chi connectivity index (χ2v) is 5.01. The Kier molecular flexibility index (Phi) is 2.99. The number of benzene rings is 1. The molecule has 3 N–H and O–H groups in total. The van der Waals surface area contributed by atoms with Crippen LogP contribution in [-0.4, -0.2) is 10.4 Å². The smallest absolute Gasteiger partial charge is 0.177 e. The fourth-order valence-corrected chi connectivity index (χ4v) is 2.38. The normalized spacial score (nSPS) is 10.8. The van der Waals surface area contributed by atoms with E-state index in [0.717, 1.165) is 12.1 Å². The van der Waals surface area contributed by atoms with Crippen molar-refractivity contribution in [1.82, 2.24) is 4.57 Å². The number of pyridine rings is 1. The van der Waals surface area contributed by atoms with Crippen LogP contribution >= 0.6 is 0 Å². The van der Waals surface area contributed by atoms with Gasteiger partial charge in [-0.1, -0.05) is 24.3 Å². The van der Waals surface area contributed by atoms with Crippen LogP contribution in [0.5, 0.6) is 0 Å². The Morgan fingerprint density at radius 2 is 1.95 bits per heavy atom. The number of nitrogens with zero attached hydrogens (tertiary/aromatic N) is 2. The standard InChI is InChI=1S/C16H17N4/c1-19-8-7-15-14(11-19)6-9-20(15)10-12-2-4-13(5-3-12)16(17)18/h2-9,11H,10H2,1H3,(H3,17,18)/q+1. The Balaban J connectivity index is 1.91. The summed E-state index contributed by atoms with van der Waals surface area (Å²) >= 11 is 0. The zero-order valence-electron chi connectivity index (χ0n) is 11.4. The van der Waals surface area contributed by atoms with Gasteiger partial charge < -0.3 is 10.3 Å². The second kappa shape index (κ2) is 4.81. The van der Waals surface area contributed by atoms with E-state index in [1.54, 1.807) is 0 Å². The minimum Gasteiger partial charge on any atom is -0.384 e. The molecule has 3 aromatic rings. The molecule has 2 heterocycles. The fourth-order valence-electron chi connectivity index (χ4n) is 2.38. The van der Waals surface area contributed by atoms with Gasteiger partial charge in [0.1, 0.15) is 12.9 Å². The first kappa shape index (κ1) is 12.4. The molecule has 0 aliphatic carbocycles. The van der Waals surface area contributed by atoms with Gasteiger partial charge in [-0.05, 0) is 11.6 Å². The van der Waals surface area contributed by atoms with Crippen LogP contribution in [-0.2, 0) is 13.6 Å². The number of hydrogen-bond donors (Lipinski definition) is 2. The van der Waals surface area contributed by atoms with Gasteiger partial charge in [0.25, 0.3) is 0 Å². The largest absolute Gasteiger partial charge is 0.384 e. The topological polar surface area (TPSA) is 58.7 Å². The highest BCUT2D eigenvalue weighted by atomic mass is 15.0. The summed E-state index contributed by atoms with van der Waals surface area (Å²) in [5.41, 5.74) is 8.64. The summed E-state index contributed by atoms with van der Waals surface area (Å²) in [6.07, 6.45) is 6.27. The number of rotatable bonds is 3. The number of nitrogen functional groups attached to an aromatic ring is 1. The molecule has 0 aliphatic heterocycles. The average molecular weight is 265 g/mol. The van der Waals surface area contributed by atoms with Gasteiger partial charge in [0.2, 0.25) is 0 Å². The number of nitrogens with one attached hydrogen (secondary N) is 1. The van der Waals surface area contributed by atoms with Gasteiger partial charge in [0.05, 0.1) is 10.9 Å². The van der Waals surface area contributed by atoms with Crippen LogP contribution in [0, 0.1) is 5.41 Å². The van der Waals surface area contributed by atoms with Crippen LogP contribution in [0.4, 0.5) is 0 Å². The lowest BCUT2D eigenvalue weighted by Gasteiger charge is -2.06. The highest BCUT2D eigenvalue weighted by Crippen LogP contribution is 2.15. The predicted octanol–water partition coefficient (Wildman–Crippen LogP) is 1.80. The number of fused-ring (bicyclic) bond motifs is 1. The molecule has 0 unspecified atom stereocenters. The number of aromatic nitrogens is 2. The van der Waals surface area contributed by atoms with Crippen molar-refractivity contribution in [2.75, 3.05) is 0 Å². The van der Waals surface area contributed by atoms with Crippen molar-refractivity contribution in [2.45, 2.75) is 6.54 Å². The minimum atomic E-state index is 0.107. The van der Waals surface area contributed by atoms with E-state index in [1.165, 1.54) is 16.5 Å². The number of amidine groups is 1. The second-order valence-electron chi connectivity index (χ2n) is 5.01. The van der Waals surface area contributed by atoms with Crippen LogP contribution in [0.2, 0.25) is 0 Å². The van der Waals surface area contributed by atoms with Gasteiger partial charge in [0.15, 0.2) is 12.4 Å². The molecule has 3 rings (SSSR count). The summed E-state index contributed by atoms with van der Waals surface area (Å²) in [5.74, 6) is 0.107. The van der Waals surface area contributed by atoms with E-state index < -0.39 is 0 Å². The van der Waals surface area contributed by atoms with Crippen LogP contribution in [0.25, 0.3) is 10.9 Å². The molecule has 20 heavy (non-hydrogen) atoms. The van der Waals surface area contributed by atoms with Gasteiger partial charge in [-0.3, -0.25) is 5.41 Å². The lowest BCUT2D eigenvalue weighted by molar-refractivity contribution is -0.670. The van der Waals surface area contributed by atoms with Crippen molar-refractivity contribution < 1.29 is 4.57 Å². The molecule has 0 amide bonds. The molecule has 0 saturated carbocycles.